The average molecular weight is 272 g/mol. The molecule has 0 saturated carbocycles. The van der Waals surface area contributed by atoms with Crippen molar-refractivity contribution >= 4 is 29.1 Å². The highest BCUT2D eigenvalue weighted by atomic mass is 35.5. The smallest absolute Gasteiger partial charge is 0.0646 e. The summed E-state index contributed by atoms with van der Waals surface area (Å²) in [7, 11) is 0. The molecule has 0 radical (unpaired) electrons. The lowest BCUT2D eigenvalue weighted by Crippen LogP contribution is -1.86. The molecule has 0 aliphatic carbocycles. The lowest BCUT2D eigenvalue weighted by atomic mass is 10.1. The molecule has 0 heterocycles. The van der Waals surface area contributed by atoms with Gasteiger partial charge in [0.2, 0.25) is 0 Å². The van der Waals surface area contributed by atoms with E-state index in [0.29, 0.717) is 10.7 Å². The third-order valence-electron chi connectivity index (χ3n) is 2.74. The van der Waals surface area contributed by atoms with E-state index in [1.54, 1.807) is 0 Å². The van der Waals surface area contributed by atoms with Crippen LogP contribution in [0.2, 0.25) is 5.02 Å². The van der Waals surface area contributed by atoms with Crippen molar-refractivity contribution < 1.29 is 0 Å². The van der Waals surface area contributed by atoms with Crippen LogP contribution in [0.4, 0.5) is 5.69 Å². The SMILES string of the molecule is CCCCCCCCSc1ccc(N)c(Cl)c1. The summed E-state index contributed by atoms with van der Waals surface area (Å²) in [5, 5.41) is 0.665. The molecule has 0 aliphatic rings. The normalized spacial score (nSPS) is 10.7. The number of rotatable bonds is 8. The molecule has 1 rings (SSSR count). The van der Waals surface area contributed by atoms with Crippen molar-refractivity contribution in [3.63, 3.8) is 0 Å². The molecule has 0 fully saturated rings. The second-order valence-electron chi connectivity index (χ2n) is 4.30. The molecule has 3 heteroatoms. The van der Waals surface area contributed by atoms with Gasteiger partial charge < -0.3 is 5.73 Å². The highest BCUT2D eigenvalue weighted by Crippen LogP contribution is 2.27. The standard InChI is InChI=1S/C14H22ClNS/c1-2-3-4-5-6-7-10-17-12-8-9-14(16)13(15)11-12/h8-9,11H,2-7,10,16H2,1H3. The molecule has 0 bridgehead atoms. The number of hydrogen-bond donors (Lipinski definition) is 1. The quantitative estimate of drug-likeness (QED) is 0.390. The van der Waals surface area contributed by atoms with Gasteiger partial charge in [-0.3, -0.25) is 0 Å². The minimum Gasteiger partial charge on any atom is -0.398 e. The molecule has 0 amide bonds. The van der Waals surface area contributed by atoms with E-state index in [1.807, 2.05) is 30.0 Å². The summed E-state index contributed by atoms with van der Waals surface area (Å²) in [5.74, 6) is 1.17. The Morgan fingerprint density at radius 3 is 2.53 bits per heavy atom. The summed E-state index contributed by atoms with van der Waals surface area (Å²) >= 11 is 7.84. The fourth-order valence-electron chi connectivity index (χ4n) is 1.67. The summed E-state index contributed by atoms with van der Waals surface area (Å²) in [5.41, 5.74) is 6.33. The Bertz CT molecular complexity index is 328. The topological polar surface area (TPSA) is 26.0 Å². The molecule has 17 heavy (non-hydrogen) atoms. The number of benzene rings is 1. The molecule has 1 aromatic carbocycles. The Balaban J connectivity index is 2.11. The third-order valence-corrected chi connectivity index (χ3v) is 4.15. The van der Waals surface area contributed by atoms with Crippen LogP contribution in [0, 0.1) is 0 Å². The summed E-state index contributed by atoms with van der Waals surface area (Å²) < 4.78 is 0. The van der Waals surface area contributed by atoms with Gasteiger partial charge in [-0.25, -0.2) is 0 Å². The summed E-state index contributed by atoms with van der Waals surface area (Å²) in [6.07, 6.45) is 8.08. The van der Waals surface area contributed by atoms with Crippen molar-refractivity contribution in [2.75, 3.05) is 11.5 Å². The van der Waals surface area contributed by atoms with Gasteiger partial charge in [-0.05, 0) is 30.4 Å². The van der Waals surface area contributed by atoms with Gasteiger partial charge in [0.15, 0.2) is 0 Å². The average Bonchev–Trinajstić information content (AvgIpc) is 2.32. The lowest BCUT2D eigenvalue weighted by Gasteiger charge is -2.04. The monoisotopic (exact) mass is 271 g/mol. The van der Waals surface area contributed by atoms with E-state index in [-0.39, 0.29) is 0 Å². The third kappa shape index (κ3) is 6.23. The van der Waals surface area contributed by atoms with Gasteiger partial charge in [0.05, 0.1) is 10.7 Å². The first-order valence-corrected chi connectivity index (χ1v) is 7.78. The van der Waals surface area contributed by atoms with E-state index in [2.05, 4.69) is 6.92 Å². The second kappa shape index (κ2) is 8.71. The van der Waals surface area contributed by atoms with Crippen molar-refractivity contribution in [2.45, 2.75) is 50.3 Å². The van der Waals surface area contributed by atoms with E-state index in [0.717, 1.165) is 0 Å². The molecule has 96 valence electrons. The van der Waals surface area contributed by atoms with Crippen LogP contribution in [-0.4, -0.2) is 5.75 Å². The summed E-state index contributed by atoms with van der Waals surface area (Å²) in [6.45, 7) is 2.25. The lowest BCUT2D eigenvalue weighted by molar-refractivity contribution is 0.627. The van der Waals surface area contributed by atoms with Gasteiger partial charge in [-0.1, -0.05) is 50.6 Å². The molecule has 2 N–H and O–H groups in total. The maximum atomic E-state index is 5.97. The molecule has 0 aromatic heterocycles. The molecule has 0 aliphatic heterocycles. The zero-order valence-electron chi connectivity index (χ0n) is 10.5. The van der Waals surface area contributed by atoms with Crippen molar-refractivity contribution in [3.05, 3.63) is 23.2 Å². The summed E-state index contributed by atoms with van der Waals surface area (Å²) in [6, 6.07) is 5.88. The Morgan fingerprint density at radius 1 is 1.12 bits per heavy atom. The van der Waals surface area contributed by atoms with Gasteiger partial charge in [0.1, 0.15) is 0 Å². The Labute approximate surface area is 114 Å². The van der Waals surface area contributed by atoms with Crippen LogP contribution in [0.5, 0.6) is 0 Å². The van der Waals surface area contributed by atoms with Crippen LogP contribution in [0.3, 0.4) is 0 Å². The fraction of sp³-hybridized carbons (Fsp3) is 0.571. The van der Waals surface area contributed by atoms with Crippen LogP contribution in [0.25, 0.3) is 0 Å². The predicted octanol–water partition coefficient (Wildman–Crippen LogP) is 5.37. The highest BCUT2D eigenvalue weighted by molar-refractivity contribution is 7.99. The van der Waals surface area contributed by atoms with Gasteiger partial charge in [0, 0.05) is 4.90 Å². The van der Waals surface area contributed by atoms with Crippen molar-refractivity contribution in [1.29, 1.82) is 0 Å². The first kappa shape index (κ1) is 14.7. The molecule has 0 atom stereocenters. The van der Waals surface area contributed by atoms with Gasteiger partial charge in [-0.15, -0.1) is 11.8 Å². The molecule has 0 unspecified atom stereocenters. The zero-order chi connectivity index (χ0) is 12.5. The van der Waals surface area contributed by atoms with Gasteiger partial charge >= 0.3 is 0 Å². The van der Waals surface area contributed by atoms with Crippen LogP contribution >= 0.6 is 23.4 Å². The number of nitrogen functional groups attached to an aromatic ring is 1. The molecule has 1 aromatic rings. The van der Waals surface area contributed by atoms with Crippen molar-refractivity contribution in [1.82, 2.24) is 0 Å². The zero-order valence-corrected chi connectivity index (χ0v) is 12.1. The Kier molecular flexibility index (Phi) is 7.54. The minimum absolute atomic E-state index is 0.663. The van der Waals surface area contributed by atoms with Crippen LogP contribution < -0.4 is 5.73 Å². The fourth-order valence-corrected chi connectivity index (χ4v) is 2.86. The molecule has 0 spiro atoms. The van der Waals surface area contributed by atoms with E-state index in [4.69, 9.17) is 17.3 Å². The maximum absolute atomic E-state index is 5.97. The number of hydrogen-bond acceptors (Lipinski definition) is 2. The van der Waals surface area contributed by atoms with E-state index in [9.17, 15) is 0 Å². The predicted molar refractivity (Wildman–Crippen MR) is 80.0 cm³/mol. The van der Waals surface area contributed by atoms with Crippen LogP contribution in [0.15, 0.2) is 23.1 Å². The van der Waals surface area contributed by atoms with Crippen LogP contribution in [0.1, 0.15) is 45.4 Å². The molecular formula is C14H22ClNS. The first-order valence-electron chi connectivity index (χ1n) is 6.42. The number of unbranched alkanes of at least 4 members (excludes halogenated alkanes) is 5. The van der Waals surface area contributed by atoms with E-state index >= 15 is 0 Å². The van der Waals surface area contributed by atoms with E-state index in [1.165, 1.54) is 49.2 Å². The van der Waals surface area contributed by atoms with Crippen molar-refractivity contribution in [3.8, 4) is 0 Å². The van der Waals surface area contributed by atoms with Gasteiger partial charge in [0.25, 0.3) is 0 Å². The number of anilines is 1. The summed E-state index contributed by atoms with van der Waals surface area (Å²) in [4.78, 5) is 1.22. The largest absolute Gasteiger partial charge is 0.398 e. The highest BCUT2D eigenvalue weighted by Gasteiger charge is 1.99. The number of halogens is 1. The second-order valence-corrected chi connectivity index (χ2v) is 5.88. The molecule has 0 saturated heterocycles. The Morgan fingerprint density at radius 2 is 1.82 bits per heavy atom. The number of nitrogens with two attached hydrogens (primary N) is 1. The molecular weight excluding hydrogens is 250 g/mol. The van der Waals surface area contributed by atoms with Crippen molar-refractivity contribution in [2.24, 2.45) is 0 Å². The van der Waals surface area contributed by atoms with Crippen LogP contribution in [-0.2, 0) is 0 Å². The number of thioether (sulfide) groups is 1. The van der Waals surface area contributed by atoms with Gasteiger partial charge in [-0.2, -0.15) is 0 Å². The minimum atomic E-state index is 0.663. The first-order chi connectivity index (χ1) is 8.24. The molecule has 1 nitrogen and oxygen atoms in total. The Hall–Kier alpha value is -0.340. The van der Waals surface area contributed by atoms with E-state index < -0.39 is 0 Å². The maximum Gasteiger partial charge on any atom is 0.0646 e.